The van der Waals surface area contributed by atoms with Gasteiger partial charge in [0, 0.05) is 17.2 Å². The average molecular weight is 265 g/mol. The number of carbonyl (C=O) groups excluding carboxylic acids is 1. The number of rotatable bonds is 2. The monoisotopic (exact) mass is 265 g/mol. The second kappa shape index (κ2) is 4.85. The quantitative estimate of drug-likeness (QED) is 0.844. The Labute approximate surface area is 117 Å². The molecule has 1 aliphatic heterocycles. The highest BCUT2D eigenvalue weighted by atomic mass is 16.5. The molecule has 20 heavy (non-hydrogen) atoms. The van der Waals surface area contributed by atoms with Crippen molar-refractivity contribution in [2.75, 3.05) is 12.4 Å². The maximum absolute atomic E-state index is 12.1. The molecule has 3 rings (SSSR count). The molecule has 0 saturated heterocycles. The van der Waals surface area contributed by atoms with Gasteiger partial charge in [0.15, 0.2) is 0 Å². The van der Waals surface area contributed by atoms with Gasteiger partial charge in [0.05, 0.1) is 12.8 Å². The van der Waals surface area contributed by atoms with Crippen molar-refractivity contribution in [2.24, 2.45) is 0 Å². The van der Waals surface area contributed by atoms with Gasteiger partial charge in [-0.3, -0.25) is 4.79 Å². The number of methoxy groups -OCH3 is 1. The Balaban J connectivity index is 2.03. The molecule has 1 N–H and O–H groups in total. The summed E-state index contributed by atoms with van der Waals surface area (Å²) in [6, 6.07) is 13.7. The number of amides is 1. The maximum atomic E-state index is 12.1. The molecule has 0 aliphatic carbocycles. The molecule has 3 nitrogen and oxygen atoms in total. The second-order valence-electron chi connectivity index (χ2n) is 4.83. The lowest BCUT2D eigenvalue weighted by Crippen LogP contribution is -2.03. The number of hydrogen-bond acceptors (Lipinski definition) is 2. The molecule has 0 fully saturated rings. The van der Waals surface area contributed by atoms with Crippen LogP contribution in [0.1, 0.15) is 16.7 Å². The Kier molecular flexibility index (Phi) is 3.03. The van der Waals surface area contributed by atoms with Crippen molar-refractivity contribution in [1.29, 1.82) is 0 Å². The van der Waals surface area contributed by atoms with Crippen LogP contribution in [0.2, 0.25) is 0 Å². The van der Waals surface area contributed by atoms with E-state index < -0.39 is 0 Å². The number of carbonyl (C=O) groups is 1. The van der Waals surface area contributed by atoms with Crippen LogP contribution in [0.3, 0.4) is 0 Å². The molecule has 2 aromatic rings. The highest BCUT2D eigenvalue weighted by molar-refractivity contribution is 6.35. The topological polar surface area (TPSA) is 38.3 Å². The number of nitrogens with one attached hydrogen (secondary N) is 1. The van der Waals surface area contributed by atoms with Gasteiger partial charge in [-0.1, -0.05) is 29.8 Å². The van der Waals surface area contributed by atoms with Crippen LogP contribution in [0.5, 0.6) is 5.75 Å². The van der Waals surface area contributed by atoms with Crippen molar-refractivity contribution < 1.29 is 9.53 Å². The minimum absolute atomic E-state index is 0.0752. The molecule has 0 aromatic heterocycles. The van der Waals surface area contributed by atoms with Crippen LogP contribution in [0.15, 0.2) is 42.5 Å². The summed E-state index contributed by atoms with van der Waals surface area (Å²) in [5.41, 5.74) is 4.62. The van der Waals surface area contributed by atoms with E-state index in [0.717, 1.165) is 22.6 Å². The smallest absolute Gasteiger partial charge is 0.256 e. The lowest BCUT2D eigenvalue weighted by Gasteiger charge is -2.02. The largest absolute Gasteiger partial charge is 0.497 e. The van der Waals surface area contributed by atoms with E-state index in [1.54, 1.807) is 7.11 Å². The van der Waals surface area contributed by atoms with Crippen molar-refractivity contribution in [2.45, 2.75) is 6.92 Å². The standard InChI is InChI=1S/C17H15NO2/c1-11-3-5-12(6-4-11)9-15-14-8-7-13(20-2)10-16(14)18-17(15)19/h3-10H,1-2H3,(H,18,19)/b15-9-. The summed E-state index contributed by atoms with van der Waals surface area (Å²) in [6.45, 7) is 2.04. The van der Waals surface area contributed by atoms with Crippen LogP contribution in [-0.2, 0) is 4.79 Å². The first-order valence-electron chi connectivity index (χ1n) is 6.45. The molecule has 100 valence electrons. The fourth-order valence-electron chi connectivity index (χ4n) is 2.27. The van der Waals surface area contributed by atoms with Crippen molar-refractivity contribution in [1.82, 2.24) is 0 Å². The maximum Gasteiger partial charge on any atom is 0.256 e. The summed E-state index contributed by atoms with van der Waals surface area (Å²) >= 11 is 0. The molecular weight excluding hydrogens is 250 g/mol. The SMILES string of the molecule is COc1ccc2c(c1)NC(=O)/C2=C\c1ccc(C)cc1. The third kappa shape index (κ3) is 2.18. The number of anilines is 1. The van der Waals surface area contributed by atoms with Crippen LogP contribution >= 0.6 is 0 Å². The Morgan fingerprint density at radius 3 is 2.55 bits per heavy atom. The van der Waals surface area contributed by atoms with Crippen LogP contribution in [0.25, 0.3) is 11.6 Å². The molecule has 0 bridgehead atoms. The highest BCUT2D eigenvalue weighted by Gasteiger charge is 2.24. The molecule has 1 aliphatic rings. The van der Waals surface area contributed by atoms with Gasteiger partial charge in [-0.05, 0) is 30.7 Å². The van der Waals surface area contributed by atoms with Crippen molar-refractivity contribution >= 4 is 23.2 Å². The fourth-order valence-corrected chi connectivity index (χ4v) is 2.27. The van der Waals surface area contributed by atoms with Crippen molar-refractivity contribution in [3.05, 3.63) is 59.2 Å². The number of hydrogen-bond donors (Lipinski definition) is 1. The summed E-state index contributed by atoms with van der Waals surface area (Å²) in [6.07, 6.45) is 1.91. The zero-order valence-corrected chi connectivity index (χ0v) is 11.4. The zero-order valence-electron chi connectivity index (χ0n) is 11.4. The van der Waals surface area contributed by atoms with Crippen LogP contribution in [0, 0.1) is 6.92 Å². The molecule has 0 saturated carbocycles. The number of benzene rings is 2. The lowest BCUT2D eigenvalue weighted by molar-refractivity contribution is -0.110. The molecule has 0 unspecified atom stereocenters. The van der Waals surface area contributed by atoms with E-state index in [0.29, 0.717) is 5.57 Å². The van der Waals surface area contributed by atoms with E-state index in [1.807, 2.05) is 55.5 Å². The van der Waals surface area contributed by atoms with Crippen LogP contribution < -0.4 is 10.1 Å². The second-order valence-corrected chi connectivity index (χ2v) is 4.83. The molecule has 3 heteroatoms. The summed E-state index contributed by atoms with van der Waals surface area (Å²) in [7, 11) is 1.61. The first-order valence-corrected chi connectivity index (χ1v) is 6.45. The predicted octanol–water partition coefficient (Wildman–Crippen LogP) is 3.50. The molecule has 0 radical (unpaired) electrons. The molecule has 0 atom stereocenters. The summed E-state index contributed by atoms with van der Waals surface area (Å²) in [4.78, 5) is 12.1. The molecule has 2 aromatic carbocycles. The highest BCUT2D eigenvalue weighted by Crippen LogP contribution is 2.35. The van der Waals surface area contributed by atoms with E-state index >= 15 is 0 Å². The summed E-state index contributed by atoms with van der Waals surface area (Å²) in [5.74, 6) is 0.662. The van der Waals surface area contributed by atoms with E-state index in [-0.39, 0.29) is 5.91 Å². The van der Waals surface area contributed by atoms with Gasteiger partial charge >= 0.3 is 0 Å². The number of fused-ring (bicyclic) bond motifs is 1. The Bertz CT molecular complexity index is 699. The molecule has 1 heterocycles. The fraction of sp³-hybridized carbons (Fsp3) is 0.118. The van der Waals surface area contributed by atoms with Gasteiger partial charge < -0.3 is 10.1 Å². The van der Waals surface area contributed by atoms with Crippen molar-refractivity contribution in [3.63, 3.8) is 0 Å². The van der Waals surface area contributed by atoms with E-state index in [9.17, 15) is 4.79 Å². The van der Waals surface area contributed by atoms with E-state index in [1.165, 1.54) is 5.56 Å². The Morgan fingerprint density at radius 1 is 1.10 bits per heavy atom. The van der Waals surface area contributed by atoms with Gasteiger partial charge in [0.1, 0.15) is 5.75 Å². The van der Waals surface area contributed by atoms with Crippen LogP contribution in [-0.4, -0.2) is 13.0 Å². The van der Waals surface area contributed by atoms with Gasteiger partial charge in [-0.25, -0.2) is 0 Å². The Hall–Kier alpha value is -2.55. The van der Waals surface area contributed by atoms with Gasteiger partial charge in [-0.15, -0.1) is 0 Å². The summed E-state index contributed by atoms with van der Waals surface area (Å²) in [5, 5.41) is 2.87. The minimum Gasteiger partial charge on any atom is -0.497 e. The van der Waals surface area contributed by atoms with Gasteiger partial charge in [0.2, 0.25) is 0 Å². The third-order valence-corrected chi connectivity index (χ3v) is 3.40. The Morgan fingerprint density at radius 2 is 1.85 bits per heavy atom. The summed E-state index contributed by atoms with van der Waals surface area (Å²) < 4.78 is 5.17. The first-order chi connectivity index (χ1) is 9.67. The van der Waals surface area contributed by atoms with Gasteiger partial charge in [-0.2, -0.15) is 0 Å². The lowest BCUT2D eigenvalue weighted by atomic mass is 10.0. The number of aryl methyl sites for hydroxylation is 1. The van der Waals surface area contributed by atoms with Crippen LogP contribution in [0.4, 0.5) is 5.69 Å². The predicted molar refractivity (Wildman–Crippen MR) is 80.7 cm³/mol. The third-order valence-electron chi connectivity index (χ3n) is 3.40. The van der Waals surface area contributed by atoms with E-state index in [4.69, 9.17) is 4.74 Å². The molecular formula is C17H15NO2. The normalized spacial score (nSPS) is 15.1. The van der Waals surface area contributed by atoms with Gasteiger partial charge in [0.25, 0.3) is 5.91 Å². The molecule has 1 amide bonds. The average Bonchev–Trinajstić information content (AvgIpc) is 2.76. The zero-order chi connectivity index (χ0) is 14.1. The number of ether oxygens (including phenoxy) is 1. The van der Waals surface area contributed by atoms with E-state index in [2.05, 4.69) is 5.32 Å². The molecule has 0 spiro atoms. The van der Waals surface area contributed by atoms with Crippen molar-refractivity contribution in [3.8, 4) is 5.75 Å². The first kappa shape index (κ1) is 12.5. The minimum atomic E-state index is -0.0752.